The van der Waals surface area contributed by atoms with Gasteiger partial charge >= 0.3 is 0 Å². The van der Waals surface area contributed by atoms with Crippen LogP contribution in [0.1, 0.15) is 27.7 Å². The predicted molar refractivity (Wildman–Crippen MR) is 47.2 cm³/mol. The highest BCUT2D eigenvalue weighted by molar-refractivity contribution is 5.19. The quantitative estimate of drug-likeness (QED) is 0.470. The van der Waals surface area contributed by atoms with Gasteiger partial charge < -0.3 is 0 Å². The Morgan fingerprint density at radius 3 is 1.92 bits per heavy atom. The maximum absolute atomic E-state index is 10.1. The van der Waals surface area contributed by atoms with Crippen molar-refractivity contribution in [2.45, 2.75) is 27.7 Å². The van der Waals surface area contributed by atoms with Gasteiger partial charge in [0.15, 0.2) is 0 Å². The Labute approximate surface area is 72.6 Å². The largest absolute Gasteiger partial charge is 0.259 e. The Hall–Kier alpha value is -0.860. The molecule has 1 rings (SSSR count). The average Bonchev–Trinajstić information content (AvgIpc) is 2.21. The zero-order valence-corrected chi connectivity index (χ0v) is 8.00. The molecule has 0 bridgehead atoms. The Kier molecular flexibility index (Phi) is 1.78. The minimum atomic E-state index is -0.398. The van der Waals surface area contributed by atoms with Gasteiger partial charge in [0.1, 0.15) is 0 Å². The maximum Gasteiger partial charge on any atom is 0.230 e. The first-order valence-corrected chi connectivity index (χ1v) is 4.12. The molecule has 0 aromatic carbocycles. The molecule has 1 fully saturated rings. The fraction of sp³-hybridized carbons (Fsp3) is 0.778. The normalized spacial score (nSPS) is 26.0. The molecule has 0 aromatic heterocycles. The summed E-state index contributed by atoms with van der Waals surface area (Å²) in [5.74, 6) is 0.343. The number of hydrogen-bond acceptors (Lipinski definition) is 2. The van der Waals surface area contributed by atoms with Crippen molar-refractivity contribution >= 4 is 0 Å². The summed E-state index contributed by atoms with van der Waals surface area (Å²) in [7, 11) is 0. The van der Waals surface area contributed by atoms with Crippen molar-refractivity contribution < 1.29 is 4.92 Å². The smallest absolute Gasteiger partial charge is 0.230 e. The van der Waals surface area contributed by atoms with Gasteiger partial charge in [0, 0.05) is 0 Å². The fourth-order valence-electron chi connectivity index (χ4n) is 1.88. The van der Waals surface area contributed by atoms with E-state index in [1.807, 2.05) is 0 Å². The molecular weight excluding hydrogens is 154 g/mol. The van der Waals surface area contributed by atoms with E-state index < -0.39 is 4.92 Å². The predicted octanol–water partition coefficient (Wildman–Crippen LogP) is 2.46. The lowest BCUT2D eigenvalue weighted by Gasteiger charge is -2.03. The molecule has 0 saturated heterocycles. The van der Waals surface area contributed by atoms with Crippen LogP contribution in [0.25, 0.3) is 0 Å². The molecule has 0 radical (unpaired) electrons. The monoisotopic (exact) mass is 169 g/mol. The van der Waals surface area contributed by atoms with E-state index in [-0.39, 0.29) is 10.8 Å². The summed E-state index contributed by atoms with van der Waals surface area (Å²) < 4.78 is 0. The van der Waals surface area contributed by atoms with Gasteiger partial charge in [0.2, 0.25) is 6.20 Å². The van der Waals surface area contributed by atoms with E-state index in [2.05, 4.69) is 27.7 Å². The van der Waals surface area contributed by atoms with Gasteiger partial charge in [-0.25, -0.2) is 0 Å². The first kappa shape index (κ1) is 9.23. The second-order valence-corrected chi connectivity index (χ2v) is 4.55. The molecule has 1 saturated carbocycles. The number of nitro groups is 1. The summed E-state index contributed by atoms with van der Waals surface area (Å²) in [6, 6.07) is 0. The lowest BCUT2D eigenvalue weighted by molar-refractivity contribution is -0.402. The molecule has 3 nitrogen and oxygen atoms in total. The molecule has 0 heterocycles. The Bertz CT molecular complexity index is 227. The van der Waals surface area contributed by atoms with Crippen LogP contribution in [0.2, 0.25) is 0 Å². The summed E-state index contributed by atoms with van der Waals surface area (Å²) in [6.07, 6.45) is 2.77. The van der Waals surface area contributed by atoms with Gasteiger partial charge in [-0.3, -0.25) is 10.1 Å². The van der Waals surface area contributed by atoms with E-state index in [4.69, 9.17) is 0 Å². The summed E-state index contributed by atoms with van der Waals surface area (Å²) in [4.78, 5) is 9.67. The molecule has 0 aromatic rings. The zero-order chi connectivity index (χ0) is 9.57. The Balaban J connectivity index is 2.66. The molecule has 0 aliphatic heterocycles. The van der Waals surface area contributed by atoms with E-state index in [1.165, 1.54) is 0 Å². The van der Waals surface area contributed by atoms with Crippen molar-refractivity contribution in [2.75, 3.05) is 0 Å². The van der Waals surface area contributed by atoms with Gasteiger partial charge in [0.05, 0.1) is 4.92 Å². The second-order valence-electron chi connectivity index (χ2n) is 4.55. The van der Waals surface area contributed by atoms with Crippen LogP contribution in [0.3, 0.4) is 0 Å². The number of allylic oxidation sites excluding steroid dienone is 1. The van der Waals surface area contributed by atoms with E-state index in [9.17, 15) is 10.1 Å². The molecule has 12 heavy (non-hydrogen) atoms. The van der Waals surface area contributed by atoms with Crippen LogP contribution >= 0.6 is 0 Å². The molecule has 1 aliphatic carbocycles. The summed E-state index contributed by atoms with van der Waals surface area (Å²) in [5, 5.41) is 10.1. The average molecular weight is 169 g/mol. The van der Waals surface area contributed by atoms with Gasteiger partial charge in [-0.05, 0) is 22.8 Å². The van der Waals surface area contributed by atoms with Crippen molar-refractivity contribution in [1.29, 1.82) is 0 Å². The topological polar surface area (TPSA) is 43.1 Å². The molecule has 0 spiro atoms. The van der Waals surface area contributed by atoms with Gasteiger partial charge in [0.25, 0.3) is 0 Å². The second kappa shape index (κ2) is 2.31. The highest BCUT2D eigenvalue weighted by atomic mass is 16.6. The fourth-order valence-corrected chi connectivity index (χ4v) is 1.88. The van der Waals surface area contributed by atoms with Crippen LogP contribution in [0.5, 0.6) is 0 Å². The first-order chi connectivity index (χ1) is 5.30. The molecule has 0 N–H and O–H groups in total. The van der Waals surface area contributed by atoms with E-state index in [1.54, 1.807) is 6.08 Å². The Morgan fingerprint density at radius 1 is 1.25 bits per heavy atom. The maximum atomic E-state index is 10.1. The van der Waals surface area contributed by atoms with Crippen LogP contribution < -0.4 is 0 Å². The van der Waals surface area contributed by atoms with Crippen molar-refractivity contribution in [3.05, 3.63) is 22.4 Å². The van der Waals surface area contributed by atoms with Gasteiger partial charge in [-0.1, -0.05) is 27.7 Å². The molecule has 0 unspecified atom stereocenters. The minimum absolute atomic E-state index is 0.208. The van der Waals surface area contributed by atoms with Gasteiger partial charge in [-0.2, -0.15) is 0 Å². The van der Waals surface area contributed by atoms with E-state index in [0.29, 0.717) is 5.92 Å². The molecule has 0 atom stereocenters. The van der Waals surface area contributed by atoms with Crippen molar-refractivity contribution in [1.82, 2.24) is 0 Å². The van der Waals surface area contributed by atoms with Crippen molar-refractivity contribution in [2.24, 2.45) is 16.7 Å². The molecule has 1 aliphatic rings. The third-order valence-corrected chi connectivity index (χ3v) is 3.53. The van der Waals surface area contributed by atoms with Gasteiger partial charge in [-0.15, -0.1) is 0 Å². The van der Waals surface area contributed by atoms with Crippen molar-refractivity contribution in [3.63, 3.8) is 0 Å². The number of nitrogens with zero attached hydrogens (tertiary/aromatic N) is 1. The highest BCUT2D eigenvalue weighted by Gasteiger charge is 2.63. The third-order valence-electron chi connectivity index (χ3n) is 3.53. The van der Waals surface area contributed by atoms with E-state index in [0.717, 1.165) is 6.20 Å². The lowest BCUT2D eigenvalue weighted by Crippen LogP contribution is -1.95. The SMILES string of the molecule is CC1(C)C(/C=C/[N+](=O)[O-])C1(C)C. The lowest BCUT2D eigenvalue weighted by atomic mass is 10.0. The van der Waals surface area contributed by atoms with Crippen LogP contribution in [-0.4, -0.2) is 4.92 Å². The van der Waals surface area contributed by atoms with Crippen LogP contribution in [0.15, 0.2) is 12.3 Å². The molecule has 68 valence electrons. The van der Waals surface area contributed by atoms with Crippen LogP contribution in [-0.2, 0) is 0 Å². The van der Waals surface area contributed by atoms with Crippen LogP contribution in [0, 0.1) is 26.9 Å². The molecular formula is C9H15NO2. The Morgan fingerprint density at radius 2 is 1.67 bits per heavy atom. The van der Waals surface area contributed by atoms with E-state index >= 15 is 0 Å². The summed E-state index contributed by atoms with van der Waals surface area (Å²) >= 11 is 0. The van der Waals surface area contributed by atoms with Crippen LogP contribution in [0.4, 0.5) is 0 Å². The third kappa shape index (κ3) is 1.13. The minimum Gasteiger partial charge on any atom is -0.259 e. The number of hydrogen-bond donors (Lipinski definition) is 0. The van der Waals surface area contributed by atoms with Crippen molar-refractivity contribution in [3.8, 4) is 0 Å². The zero-order valence-electron chi connectivity index (χ0n) is 8.00. The molecule has 0 amide bonds. The first-order valence-electron chi connectivity index (χ1n) is 4.12. The summed E-state index contributed by atoms with van der Waals surface area (Å²) in [5.41, 5.74) is 0.416. The highest BCUT2D eigenvalue weighted by Crippen LogP contribution is 2.68. The molecule has 3 heteroatoms. The number of rotatable bonds is 2. The summed E-state index contributed by atoms with van der Waals surface area (Å²) in [6.45, 7) is 8.56. The standard InChI is InChI=1S/C9H15NO2/c1-8(2)7(9(8,3)4)5-6-10(11)12/h5-7H,1-4H3/b6-5+.